The van der Waals surface area contributed by atoms with Crippen molar-refractivity contribution in [2.24, 2.45) is 5.92 Å². The van der Waals surface area contributed by atoms with Gasteiger partial charge in [-0.15, -0.1) is 0 Å². The molecule has 2 atom stereocenters. The van der Waals surface area contributed by atoms with E-state index in [0.717, 1.165) is 31.2 Å². The van der Waals surface area contributed by atoms with Crippen LogP contribution in [0.25, 0.3) is 0 Å². The highest BCUT2D eigenvalue weighted by atomic mass is 32.2. The van der Waals surface area contributed by atoms with Gasteiger partial charge in [-0.05, 0) is 36.3 Å². The van der Waals surface area contributed by atoms with E-state index >= 15 is 0 Å². The van der Waals surface area contributed by atoms with Gasteiger partial charge in [0.1, 0.15) is 0 Å². The first kappa shape index (κ1) is 15.0. The molecule has 21 heavy (non-hydrogen) atoms. The van der Waals surface area contributed by atoms with Crippen molar-refractivity contribution in [3.63, 3.8) is 0 Å². The van der Waals surface area contributed by atoms with Crippen LogP contribution in [-0.2, 0) is 23.2 Å². The normalized spacial score (nSPS) is 26.7. The highest BCUT2D eigenvalue weighted by Crippen LogP contribution is 2.25. The van der Waals surface area contributed by atoms with E-state index in [1.165, 1.54) is 9.87 Å². The molecular weight excluding hydrogens is 288 g/mol. The zero-order valence-electron chi connectivity index (χ0n) is 12.0. The van der Waals surface area contributed by atoms with Crippen molar-refractivity contribution in [3.8, 4) is 0 Å². The Morgan fingerprint density at radius 2 is 2.00 bits per heavy atom. The van der Waals surface area contributed by atoms with Gasteiger partial charge in [-0.1, -0.05) is 30.7 Å². The van der Waals surface area contributed by atoms with E-state index in [1.54, 1.807) is 0 Å². The van der Waals surface area contributed by atoms with E-state index in [-0.39, 0.29) is 12.0 Å². The number of aliphatic hydroxyl groups excluding tert-OH is 1. The molecule has 5 nitrogen and oxygen atoms in total. The van der Waals surface area contributed by atoms with Gasteiger partial charge in [0, 0.05) is 19.6 Å². The Morgan fingerprint density at radius 1 is 1.24 bits per heavy atom. The van der Waals surface area contributed by atoms with E-state index in [0.29, 0.717) is 19.6 Å². The monoisotopic (exact) mass is 310 g/mol. The molecular formula is C15H22N2O3S. The summed E-state index contributed by atoms with van der Waals surface area (Å²) in [6.07, 6.45) is 3.04. The molecule has 0 amide bonds. The number of rotatable bonds is 4. The molecule has 3 rings (SSSR count). The summed E-state index contributed by atoms with van der Waals surface area (Å²) < 4.78 is 29.0. The second-order valence-electron chi connectivity index (χ2n) is 5.96. The first-order valence-electron chi connectivity index (χ1n) is 7.56. The van der Waals surface area contributed by atoms with Crippen molar-refractivity contribution in [1.29, 1.82) is 0 Å². The highest BCUT2D eigenvalue weighted by molar-refractivity contribution is 7.87. The van der Waals surface area contributed by atoms with Gasteiger partial charge in [0.05, 0.1) is 6.10 Å². The number of fused-ring (bicyclic) bond motifs is 1. The number of hydrogen-bond donors (Lipinski definition) is 2. The Kier molecular flexibility index (Phi) is 4.31. The molecule has 0 spiro atoms. The summed E-state index contributed by atoms with van der Waals surface area (Å²) in [6, 6.07) is 7.97. The van der Waals surface area contributed by atoms with Gasteiger partial charge in [0.15, 0.2) is 0 Å². The van der Waals surface area contributed by atoms with Crippen LogP contribution in [-0.4, -0.2) is 37.0 Å². The lowest BCUT2D eigenvalue weighted by molar-refractivity contribution is 0.134. The maximum atomic E-state index is 12.4. The summed E-state index contributed by atoms with van der Waals surface area (Å²) in [5.74, 6) is 0.0526. The third kappa shape index (κ3) is 3.29. The van der Waals surface area contributed by atoms with Crippen molar-refractivity contribution < 1.29 is 13.5 Å². The van der Waals surface area contributed by atoms with Crippen molar-refractivity contribution in [2.75, 3.05) is 13.1 Å². The first-order chi connectivity index (χ1) is 10.1. The van der Waals surface area contributed by atoms with E-state index in [1.807, 2.05) is 18.2 Å². The average Bonchev–Trinajstić information content (AvgIpc) is 2.90. The SMILES string of the molecule is O=S(=O)(NCC1CCCC1O)N1CCc2ccccc2C1. The summed E-state index contributed by atoms with van der Waals surface area (Å²) in [5, 5.41) is 9.78. The van der Waals surface area contributed by atoms with Crippen LogP contribution in [0.4, 0.5) is 0 Å². The molecule has 1 fully saturated rings. The summed E-state index contributed by atoms with van der Waals surface area (Å²) in [5.41, 5.74) is 2.31. The molecule has 0 bridgehead atoms. The molecule has 1 aromatic rings. The van der Waals surface area contributed by atoms with Gasteiger partial charge in [-0.3, -0.25) is 0 Å². The molecule has 1 aliphatic heterocycles. The van der Waals surface area contributed by atoms with Gasteiger partial charge in [-0.25, -0.2) is 4.72 Å². The van der Waals surface area contributed by atoms with Crippen molar-refractivity contribution in [2.45, 2.75) is 38.3 Å². The maximum Gasteiger partial charge on any atom is 0.279 e. The van der Waals surface area contributed by atoms with E-state index in [9.17, 15) is 13.5 Å². The largest absolute Gasteiger partial charge is 0.393 e. The molecule has 1 aromatic carbocycles. The summed E-state index contributed by atoms with van der Waals surface area (Å²) >= 11 is 0. The van der Waals surface area contributed by atoms with Crippen LogP contribution in [0, 0.1) is 5.92 Å². The lowest BCUT2D eigenvalue weighted by Crippen LogP contribution is -2.45. The molecule has 1 heterocycles. The van der Waals surface area contributed by atoms with Crippen LogP contribution in [0.2, 0.25) is 0 Å². The second-order valence-corrected chi connectivity index (χ2v) is 7.72. The minimum absolute atomic E-state index is 0.0526. The number of aliphatic hydroxyl groups is 1. The minimum Gasteiger partial charge on any atom is -0.393 e. The summed E-state index contributed by atoms with van der Waals surface area (Å²) in [7, 11) is -3.46. The van der Waals surface area contributed by atoms with Crippen LogP contribution in [0.5, 0.6) is 0 Å². The Morgan fingerprint density at radius 3 is 2.71 bits per heavy atom. The first-order valence-corrected chi connectivity index (χ1v) is 9.00. The number of nitrogens with one attached hydrogen (secondary N) is 1. The third-order valence-corrected chi connectivity index (χ3v) is 6.11. The molecule has 2 N–H and O–H groups in total. The fourth-order valence-corrected chi connectivity index (χ4v) is 4.48. The Labute approximate surface area is 126 Å². The van der Waals surface area contributed by atoms with Gasteiger partial charge in [-0.2, -0.15) is 12.7 Å². The zero-order chi connectivity index (χ0) is 14.9. The lowest BCUT2D eigenvalue weighted by atomic mass is 10.0. The number of nitrogens with zero attached hydrogens (tertiary/aromatic N) is 1. The fourth-order valence-electron chi connectivity index (χ4n) is 3.23. The molecule has 0 aromatic heterocycles. The molecule has 1 saturated carbocycles. The molecule has 0 saturated heterocycles. The van der Waals surface area contributed by atoms with Crippen molar-refractivity contribution in [3.05, 3.63) is 35.4 Å². The predicted octanol–water partition coefficient (Wildman–Crippen LogP) is 1.04. The fraction of sp³-hybridized carbons (Fsp3) is 0.600. The van der Waals surface area contributed by atoms with Gasteiger partial charge < -0.3 is 5.11 Å². The highest BCUT2D eigenvalue weighted by Gasteiger charge is 2.30. The molecule has 1 aliphatic carbocycles. The summed E-state index contributed by atoms with van der Waals surface area (Å²) in [4.78, 5) is 0. The van der Waals surface area contributed by atoms with E-state index in [2.05, 4.69) is 10.8 Å². The average molecular weight is 310 g/mol. The standard InChI is InChI=1S/C15H22N2O3S/c18-15-7-3-6-13(15)10-16-21(19,20)17-9-8-12-4-1-2-5-14(12)11-17/h1-2,4-5,13,15-16,18H,3,6-11H2. The number of benzene rings is 1. The van der Waals surface area contributed by atoms with Crippen LogP contribution in [0.1, 0.15) is 30.4 Å². The maximum absolute atomic E-state index is 12.4. The third-order valence-electron chi connectivity index (χ3n) is 4.58. The summed E-state index contributed by atoms with van der Waals surface area (Å²) in [6.45, 7) is 1.28. The Balaban J connectivity index is 1.63. The zero-order valence-corrected chi connectivity index (χ0v) is 12.8. The Hall–Kier alpha value is -0.950. The molecule has 0 radical (unpaired) electrons. The lowest BCUT2D eigenvalue weighted by Gasteiger charge is -2.28. The predicted molar refractivity (Wildman–Crippen MR) is 80.8 cm³/mol. The van der Waals surface area contributed by atoms with E-state index in [4.69, 9.17) is 0 Å². The van der Waals surface area contributed by atoms with Gasteiger partial charge >= 0.3 is 0 Å². The van der Waals surface area contributed by atoms with Crippen LogP contribution >= 0.6 is 0 Å². The number of hydrogen-bond acceptors (Lipinski definition) is 3. The van der Waals surface area contributed by atoms with E-state index < -0.39 is 10.2 Å². The van der Waals surface area contributed by atoms with Crippen LogP contribution in [0.15, 0.2) is 24.3 Å². The quantitative estimate of drug-likeness (QED) is 0.873. The van der Waals surface area contributed by atoms with Crippen LogP contribution < -0.4 is 4.72 Å². The second kappa shape index (κ2) is 6.04. The smallest absolute Gasteiger partial charge is 0.279 e. The molecule has 6 heteroatoms. The molecule has 2 aliphatic rings. The van der Waals surface area contributed by atoms with Gasteiger partial charge in [0.2, 0.25) is 0 Å². The minimum atomic E-state index is -3.46. The topological polar surface area (TPSA) is 69.6 Å². The molecule has 2 unspecified atom stereocenters. The Bertz CT molecular complexity index is 603. The van der Waals surface area contributed by atoms with Crippen LogP contribution in [0.3, 0.4) is 0 Å². The van der Waals surface area contributed by atoms with Gasteiger partial charge in [0.25, 0.3) is 10.2 Å². The molecule has 116 valence electrons. The van der Waals surface area contributed by atoms with Crippen molar-refractivity contribution in [1.82, 2.24) is 9.03 Å². The van der Waals surface area contributed by atoms with Crippen molar-refractivity contribution >= 4 is 10.2 Å².